The molecule has 1 fully saturated rings. The SMILES string of the molecule is COc1cc(Cl)c(C)cc1NC(C(=O)N1CCOCC1)c1ccccc1. The highest BCUT2D eigenvalue weighted by molar-refractivity contribution is 6.31. The highest BCUT2D eigenvalue weighted by Gasteiger charge is 2.28. The molecular weight excluding hydrogens is 352 g/mol. The molecule has 0 aliphatic carbocycles. The molecule has 0 saturated carbocycles. The number of halogens is 1. The molecular formula is C20H23ClN2O3. The van der Waals surface area contributed by atoms with Gasteiger partial charge >= 0.3 is 0 Å². The summed E-state index contributed by atoms with van der Waals surface area (Å²) in [6.07, 6.45) is 0. The fourth-order valence-corrected chi connectivity index (χ4v) is 3.15. The Bertz CT molecular complexity index is 761. The smallest absolute Gasteiger partial charge is 0.249 e. The third-order valence-corrected chi connectivity index (χ3v) is 4.89. The van der Waals surface area contributed by atoms with Crippen molar-refractivity contribution < 1.29 is 14.3 Å². The van der Waals surface area contributed by atoms with Crippen LogP contribution in [0, 0.1) is 6.92 Å². The standard InChI is InChI=1S/C20H23ClN2O3/c1-14-12-17(18(25-2)13-16(14)21)22-19(15-6-4-3-5-7-15)20(24)23-8-10-26-11-9-23/h3-7,12-13,19,22H,8-11H2,1-2H3. The van der Waals surface area contributed by atoms with E-state index in [1.807, 2.05) is 48.2 Å². The lowest BCUT2D eigenvalue weighted by Gasteiger charge is -2.31. The third-order valence-electron chi connectivity index (χ3n) is 4.48. The van der Waals surface area contributed by atoms with Crippen LogP contribution in [0.25, 0.3) is 0 Å². The number of carbonyl (C=O) groups excluding carboxylic acids is 1. The topological polar surface area (TPSA) is 50.8 Å². The third kappa shape index (κ3) is 4.11. The minimum atomic E-state index is -0.510. The Balaban J connectivity index is 1.94. The molecule has 6 heteroatoms. The number of methoxy groups -OCH3 is 1. The van der Waals surface area contributed by atoms with Crippen molar-refractivity contribution in [3.8, 4) is 5.75 Å². The fourth-order valence-electron chi connectivity index (χ4n) is 3.00. The molecule has 1 heterocycles. The van der Waals surface area contributed by atoms with Crippen molar-refractivity contribution in [2.24, 2.45) is 0 Å². The van der Waals surface area contributed by atoms with Gasteiger partial charge in [-0.25, -0.2) is 0 Å². The molecule has 0 spiro atoms. The zero-order valence-electron chi connectivity index (χ0n) is 15.0. The summed E-state index contributed by atoms with van der Waals surface area (Å²) < 4.78 is 10.8. The van der Waals surface area contributed by atoms with E-state index >= 15 is 0 Å². The van der Waals surface area contributed by atoms with Gasteiger partial charge in [-0.05, 0) is 24.1 Å². The lowest BCUT2D eigenvalue weighted by molar-refractivity contribution is -0.136. The molecule has 1 N–H and O–H groups in total. The molecule has 3 rings (SSSR count). The Labute approximate surface area is 158 Å². The van der Waals surface area contributed by atoms with Crippen LogP contribution in [0.1, 0.15) is 17.2 Å². The van der Waals surface area contributed by atoms with E-state index in [4.69, 9.17) is 21.1 Å². The Kier molecular flexibility index (Phi) is 6.01. The second kappa shape index (κ2) is 8.43. The van der Waals surface area contributed by atoms with Gasteiger partial charge in [0, 0.05) is 24.2 Å². The van der Waals surface area contributed by atoms with Gasteiger partial charge in [0.15, 0.2) is 0 Å². The number of aryl methyl sites for hydroxylation is 1. The molecule has 1 amide bonds. The Morgan fingerprint density at radius 3 is 2.58 bits per heavy atom. The van der Waals surface area contributed by atoms with E-state index < -0.39 is 6.04 Å². The molecule has 0 bridgehead atoms. The number of nitrogens with zero attached hydrogens (tertiary/aromatic N) is 1. The van der Waals surface area contributed by atoms with Crippen LogP contribution >= 0.6 is 11.6 Å². The number of ether oxygens (including phenoxy) is 2. The van der Waals surface area contributed by atoms with Gasteiger partial charge in [0.1, 0.15) is 11.8 Å². The molecule has 1 unspecified atom stereocenters. The molecule has 2 aromatic carbocycles. The molecule has 0 aromatic heterocycles. The average Bonchev–Trinajstić information content (AvgIpc) is 2.69. The zero-order chi connectivity index (χ0) is 18.5. The van der Waals surface area contributed by atoms with Crippen molar-refractivity contribution in [3.05, 3.63) is 58.6 Å². The Morgan fingerprint density at radius 1 is 1.23 bits per heavy atom. The van der Waals surface area contributed by atoms with E-state index in [-0.39, 0.29) is 5.91 Å². The Hall–Kier alpha value is -2.24. The van der Waals surface area contributed by atoms with Crippen LogP contribution in [-0.2, 0) is 9.53 Å². The second-order valence-corrected chi connectivity index (χ2v) is 6.63. The van der Waals surface area contributed by atoms with Crippen LogP contribution in [0.2, 0.25) is 5.02 Å². The quantitative estimate of drug-likeness (QED) is 0.867. The number of hydrogen-bond donors (Lipinski definition) is 1. The minimum absolute atomic E-state index is 0.0224. The molecule has 0 radical (unpaired) electrons. The zero-order valence-corrected chi connectivity index (χ0v) is 15.8. The molecule has 26 heavy (non-hydrogen) atoms. The van der Waals surface area contributed by atoms with Gasteiger partial charge in [0.05, 0.1) is 26.0 Å². The van der Waals surface area contributed by atoms with E-state index in [0.717, 1.165) is 16.8 Å². The van der Waals surface area contributed by atoms with Crippen molar-refractivity contribution >= 4 is 23.2 Å². The maximum absolute atomic E-state index is 13.2. The van der Waals surface area contributed by atoms with Gasteiger partial charge in [-0.3, -0.25) is 4.79 Å². The summed E-state index contributed by atoms with van der Waals surface area (Å²) in [7, 11) is 1.59. The summed E-state index contributed by atoms with van der Waals surface area (Å²) >= 11 is 6.21. The second-order valence-electron chi connectivity index (χ2n) is 6.23. The number of rotatable bonds is 5. The van der Waals surface area contributed by atoms with Crippen LogP contribution < -0.4 is 10.1 Å². The number of morpholine rings is 1. The molecule has 1 saturated heterocycles. The number of amides is 1. The lowest BCUT2D eigenvalue weighted by atomic mass is 10.0. The normalized spacial score (nSPS) is 15.4. The fraction of sp³-hybridized carbons (Fsp3) is 0.350. The van der Waals surface area contributed by atoms with Gasteiger partial charge in [-0.15, -0.1) is 0 Å². The number of nitrogens with one attached hydrogen (secondary N) is 1. The van der Waals surface area contributed by atoms with E-state index in [2.05, 4.69) is 5.32 Å². The van der Waals surface area contributed by atoms with Gasteiger partial charge < -0.3 is 19.7 Å². The molecule has 5 nitrogen and oxygen atoms in total. The predicted molar refractivity (Wildman–Crippen MR) is 103 cm³/mol. The summed E-state index contributed by atoms with van der Waals surface area (Å²) in [5.74, 6) is 0.630. The van der Waals surface area contributed by atoms with Crippen molar-refractivity contribution in [1.29, 1.82) is 0 Å². The minimum Gasteiger partial charge on any atom is -0.495 e. The molecule has 138 valence electrons. The maximum atomic E-state index is 13.2. The highest BCUT2D eigenvalue weighted by Crippen LogP contribution is 2.34. The van der Waals surface area contributed by atoms with Crippen molar-refractivity contribution in [2.75, 3.05) is 38.7 Å². The summed E-state index contributed by atoms with van der Waals surface area (Å²) in [4.78, 5) is 15.0. The van der Waals surface area contributed by atoms with Crippen LogP contribution in [0.15, 0.2) is 42.5 Å². The van der Waals surface area contributed by atoms with E-state index in [1.165, 1.54) is 0 Å². The van der Waals surface area contributed by atoms with Crippen LogP contribution in [0.5, 0.6) is 5.75 Å². The predicted octanol–water partition coefficient (Wildman–Crippen LogP) is 3.67. The van der Waals surface area contributed by atoms with Crippen LogP contribution in [-0.4, -0.2) is 44.2 Å². The van der Waals surface area contributed by atoms with Gasteiger partial charge in [-0.2, -0.15) is 0 Å². The van der Waals surface area contributed by atoms with Crippen LogP contribution in [0.4, 0.5) is 5.69 Å². The first-order valence-corrected chi connectivity index (χ1v) is 9.00. The van der Waals surface area contributed by atoms with E-state index in [0.29, 0.717) is 37.1 Å². The first-order valence-electron chi connectivity index (χ1n) is 8.62. The number of carbonyl (C=O) groups is 1. The molecule has 2 aromatic rings. The number of hydrogen-bond acceptors (Lipinski definition) is 4. The van der Waals surface area contributed by atoms with Crippen molar-refractivity contribution in [1.82, 2.24) is 4.90 Å². The lowest BCUT2D eigenvalue weighted by Crippen LogP contribution is -2.44. The summed E-state index contributed by atoms with van der Waals surface area (Å²) in [5.41, 5.74) is 2.56. The summed E-state index contributed by atoms with van der Waals surface area (Å²) in [5, 5.41) is 3.99. The van der Waals surface area contributed by atoms with Gasteiger partial charge in [0.2, 0.25) is 5.91 Å². The first-order chi connectivity index (χ1) is 12.6. The van der Waals surface area contributed by atoms with Crippen molar-refractivity contribution in [3.63, 3.8) is 0 Å². The largest absolute Gasteiger partial charge is 0.495 e. The van der Waals surface area contributed by atoms with Gasteiger partial charge in [-0.1, -0.05) is 41.9 Å². The first kappa shape index (κ1) is 18.5. The molecule has 1 aliphatic heterocycles. The Morgan fingerprint density at radius 2 is 1.92 bits per heavy atom. The van der Waals surface area contributed by atoms with E-state index in [9.17, 15) is 4.79 Å². The molecule has 1 aliphatic rings. The number of anilines is 1. The highest BCUT2D eigenvalue weighted by atomic mass is 35.5. The maximum Gasteiger partial charge on any atom is 0.249 e. The van der Waals surface area contributed by atoms with E-state index in [1.54, 1.807) is 13.2 Å². The van der Waals surface area contributed by atoms with Gasteiger partial charge in [0.25, 0.3) is 0 Å². The summed E-state index contributed by atoms with van der Waals surface area (Å²) in [6, 6.07) is 12.9. The number of benzene rings is 2. The monoisotopic (exact) mass is 374 g/mol. The summed E-state index contributed by atoms with van der Waals surface area (Å²) in [6.45, 7) is 4.25. The average molecular weight is 375 g/mol. The van der Waals surface area contributed by atoms with Crippen molar-refractivity contribution in [2.45, 2.75) is 13.0 Å². The van der Waals surface area contributed by atoms with Crippen LogP contribution in [0.3, 0.4) is 0 Å². The molecule has 1 atom stereocenters.